The summed E-state index contributed by atoms with van der Waals surface area (Å²) in [6.07, 6.45) is 1.15. The van der Waals surface area contributed by atoms with Crippen LogP contribution in [0.1, 0.15) is 57.7 Å². The van der Waals surface area contributed by atoms with Gasteiger partial charge in [-0.15, -0.1) is 22.7 Å². The Morgan fingerprint density at radius 3 is 2.65 bits per heavy atom. The first-order valence-electron chi connectivity index (χ1n) is 7.21. The molecule has 2 rings (SSSR count). The third-order valence-corrected chi connectivity index (χ3v) is 5.76. The molecular formula is C16H24N2S2. The van der Waals surface area contributed by atoms with Crippen LogP contribution in [0.15, 0.2) is 17.5 Å². The number of thiophene rings is 1. The average Bonchev–Trinajstić information content (AvgIpc) is 3.02. The van der Waals surface area contributed by atoms with E-state index in [4.69, 9.17) is 4.98 Å². The van der Waals surface area contributed by atoms with Crippen LogP contribution in [-0.4, -0.2) is 11.5 Å². The fourth-order valence-corrected chi connectivity index (χ4v) is 3.97. The number of aromatic nitrogens is 1. The van der Waals surface area contributed by atoms with Gasteiger partial charge in [0.1, 0.15) is 5.01 Å². The zero-order valence-electron chi connectivity index (χ0n) is 13.0. The van der Waals surface area contributed by atoms with Crippen molar-refractivity contribution in [3.63, 3.8) is 0 Å². The summed E-state index contributed by atoms with van der Waals surface area (Å²) in [6.45, 7) is 12.2. The van der Waals surface area contributed by atoms with Gasteiger partial charge in [0.15, 0.2) is 0 Å². The minimum atomic E-state index is 0.221. The van der Waals surface area contributed by atoms with E-state index in [1.54, 1.807) is 11.3 Å². The molecule has 2 aromatic heterocycles. The van der Waals surface area contributed by atoms with Crippen molar-refractivity contribution in [3.8, 4) is 9.88 Å². The van der Waals surface area contributed by atoms with Gasteiger partial charge in [-0.05, 0) is 37.4 Å². The molecule has 20 heavy (non-hydrogen) atoms. The Morgan fingerprint density at radius 1 is 1.30 bits per heavy atom. The Morgan fingerprint density at radius 2 is 2.05 bits per heavy atom. The largest absolute Gasteiger partial charge is 0.309 e. The van der Waals surface area contributed by atoms with Crippen molar-refractivity contribution in [3.05, 3.63) is 28.1 Å². The topological polar surface area (TPSA) is 24.9 Å². The van der Waals surface area contributed by atoms with Crippen LogP contribution < -0.4 is 5.32 Å². The third kappa shape index (κ3) is 3.68. The Labute approximate surface area is 130 Å². The molecule has 1 unspecified atom stereocenters. The van der Waals surface area contributed by atoms with Gasteiger partial charge < -0.3 is 5.32 Å². The Balaban J connectivity index is 2.14. The second-order valence-electron chi connectivity index (χ2n) is 6.17. The Hall–Kier alpha value is -0.710. The summed E-state index contributed by atoms with van der Waals surface area (Å²) >= 11 is 3.61. The number of nitrogens with zero attached hydrogens (tertiary/aromatic N) is 1. The maximum Gasteiger partial charge on any atom is 0.133 e. The lowest BCUT2D eigenvalue weighted by Gasteiger charge is -2.15. The maximum absolute atomic E-state index is 4.80. The van der Waals surface area contributed by atoms with E-state index < -0.39 is 0 Å². The standard InChI is InChI=1S/C16H24N2S2/c1-6-9-17-11(2)12-10-19-15(18-12)13-7-8-14(20-13)16(3,4)5/h7-8,10-11,17H,6,9H2,1-5H3. The molecule has 1 atom stereocenters. The van der Waals surface area contributed by atoms with Gasteiger partial charge in [-0.1, -0.05) is 27.7 Å². The van der Waals surface area contributed by atoms with E-state index in [-0.39, 0.29) is 5.41 Å². The molecule has 0 aliphatic heterocycles. The van der Waals surface area contributed by atoms with Crippen LogP contribution in [-0.2, 0) is 5.41 Å². The van der Waals surface area contributed by atoms with Gasteiger partial charge in [0.05, 0.1) is 10.6 Å². The van der Waals surface area contributed by atoms with Crippen molar-refractivity contribution in [1.82, 2.24) is 10.3 Å². The quantitative estimate of drug-likeness (QED) is 0.818. The molecule has 0 aliphatic carbocycles. The summed E-state index contributed by atoms with van der Waals surface area (Å²) in [4.78, 5) is 7.50. The fourth-order valence-electron chi connectivity index (χ4n) is 1.92. The number of hydrogen-bond acceptors (Lipinski definition) is 4. The van der Waals surface area contributed by atoms with Crippen molar-refractivity contribution in [2.45, 2.75) is 52.5 Å². The lowest BCUT2D eigenvalue weighted by Crippen LogP contribution is -2.19. The van der Waals surface area contributed by atoms with Crippen LogP contribution in [0, 0.1) is 0 Å². The highest BCUT2D eigenvalue weighted by Gasteiger charge is 2.18. The maximum atomic E-state index is 4.80. The SMILES string of the molecule is CCCNC(C)c1csc(-c2ccc(C(C)(C)C)s2)n1. The lowest BCUT2D eigenvalue weighted by atomic mass is 9.95. The fraction of sp³-hybridized carbons (Fsp3) is 0.562. The Kier molecular flexibility index (Phi) is 4.99. The lowest BCUT2D eigenvalue weighted by molar-refractivity contribution is 0.561. The molecule has 0 spiro atoms. The van der Waals surface area contributed by atoms with Crippen LogP contribution in [0.5, 0.6) is 0 Å². The van der Waals surface area contributed by atoms with Crippen molar-refractivity contribution < 1.29 is 0 Å². The minimum Gasteiger partial charge on any atom is -0.309 e. The van der Waals surface area contributed by atoms with Crippen LogP contribution in [0.2, 0.25) is 0 Å². The molecule has 0 saturated heterocycles. The summed E-state index contributed by atoms with van der Waals surface area (Å²) in [5, 5.41) is 6.81. The zero-order valence-corrected chi connectivity index (χ0v) is 14.6. The van der Waals surface area contributed by atoms with E-state index in [0.29, 0.717) is 6.04 Å². The van der Waals surface area contributed by atoms with E-state index in [2.05, 4.69) is 57.4 Å². The first-order chi connectivity index (χ1) is 9.41. The molecule has 2 nitrogen and oxygen atoms in total. The zero-order chi connectivity index (χ0) is 14.8. The molecule has 0 fully saturated rings. The van der Waals surface area contributed by atoms with E-state index in [1.165, 1.54) is 9.75 Å². The molecule has 0 aromatic carbocycles. The number of hydrogen-bond donors (Lipinski definition) is 1. The van der Waals surface area contributed by atoms with Gasteiger partial charge in [-0.3, -0.25) is 0 Å². The van der Waals surface area contributed by atoms with Crippen molar-refractivity contribution in [1.29, 1.82) is 0 Å². The third-order valence-electron chi connectivity index (χ3n) is 3.22. The molecule has 0 saturated carbocycles. The van der Waals surface area contributed by atoms with Gasteiger partial charge in [-0.2, -0.15) is 0 Å². The van der Waals surface area contributed by atoms with Crippen molar-refractivity contribution in [2.24, 2.45) is 0 Å². The predicted molar refractivity (Wildman–Crippen MR) is 90.8 cm³/mol. The first kappa shape index (κ1) is 15.7. The molecule has 2 aromatic rings. The van der Waals surface area contributed by atoms with Crippen molar-refractivity contribution >= 4 is 22.7 Å². The monoisotopic (exact) mass is 308 g/mol. The van der Waals surface area contributed by atoms with Gasteiger partial charge in [0.2, 0.25) is 0 Å². The molecule has 110 valence electrons. The number of nitrogens with one attached hydrogen (secondary N) is 1. The van der Waals surface area contributed by atoms with Crippen LogP contribution in [0.25, 0.3) is 9.88 Å². The van der Waals surface area contributed by atoms with Gasteiger partial charge in [0, 0.05) is 16.3 Å². The van der Waals surface area contributed by atoms with Gasteiger partial charge in [-0.25, -0.2) is 4.98 Å². The molecule has 0 aliphatic rings. The number of thiazole rings is 1. The molecule has 0 amide bonds. The van der Waals surface area contributed by atoms with E-state index in [1.807, 2.05) is 11.3 Å². The first-order valence-corrected chi connectivity index (χ1v) is 8.91. The van der Waals surface area contributed by atoms with Crippen molar-refractivity contribution in [2.75, 3.05) is 6.54 Å². The minimum absolute atomic E-state index is 0.221. The van der Waals surface area contributed by atoms with E-state index in [9.17, 15) is 0 Å². The van der Waals surface area contributed by atoms with Gasteiger partial charge in [0.25, 0.3) is 0 Å². The average molecular weight is 309 g/mol. The molecule has 4 heteroatoms. The molecule has 0 radical (unpaired) electrons. The summed E-state index contributed by atoms with van der Waals surface area (Å²) in [5.41, 5.74) is 1.38. The summed E-state index contributed by atoms with van der Waals surface area (Å²) < 4.78 is 0. The smallest absolute Gasteiger partial charge is 0.133 e. The van der Waals surface area contributed by atoms with Crippen LogP contribution in [0.3, 0.4) is 0 Å². The highest BCUT2D eigenvalue weighted by Crippen LogP contribution is 2.36. The van der Waals surface area contributed by atoms with E-state index >= 15 is 0 Å². The second kappa shape index (κ2) is 6.37. The molecule has 1 N–H and O–H groups in total. The van der Waals surface area contributed by atoms with Crippen LogP contribution >= 0.6 is 22.7 Å². The molecular weight excluding hydrogens is 284 g/mol. The second-order valence-corrected chi connectivity index (χ2v) is 8.11. The molecule has 0 bridgehead atoms. The number of rotatable bonds is 5. The summed E-state index contributed by atoms with van der Waals surface area (Å²) in [5.74, 6) is 0. The van der Waals surface area contributed by atoms with Crippen LogP contribution in [0.4, 0.5) is 0 Å². The highest BCUT2D eigenvalue weighted by atomic mass is 32.1. The highest BCUT2D eigenvalue weighted by molar-refractivity contribution is 7.21. The normalized spacial score (nSPS) is 13.7. The summed E-state index contributed by atoms with van der Waals surface area (Å²) in [7, 11) is 0. The van der Waals surface area contributed by atoms with Gasteiger partial charge >= 0.3 is 0 Å². The molecule has 2 heterocycles. The Bertz CT molecular complexity index is 549. The summed E-state index contributed by atoms with van der Waals surface area (Å²) in [6, 6.07) is 4.78. The van der Waals surface area contributed by atoms with E-state index in [0.717, 1.165) is 23.7 Å². The predicted octanol–water partition coefficient (Wildman–Crippen LogP) is 5.23.